The van der Waals surface area contributed by atoms with Crippen molar-refractivity contribution < 1.29 is 14.6 Å². The number of nitrogens with zero attached hydrogens (tertiary/aromatic N) is 2. The Morgan fingerprint density at radius 2 is 1.67 bits per heavy atom. The van der Waals surface area contributed by atoms with Gasteiger partial charge in [0.1, 0.15) is 24.2 Å². The molecule has 0 amide bonds. The number of hydrogen-bond acceptors (Lipinski definition) is 4. The highest BCUT2D eigenvalue weighted by Crippen LogP contribution is 2.17. The number of benzene rings is 2. The van der Waals surface area contributed by atoms with Crippen molar-refractivity contribution in [2.75, 3.05) is 13.7 Å². The molecule has 6 nitrogen and oxygen atoms in total. The van der Waals surface area contributed by atoms with Crippen LogP contribution in [0.2, 0.25) is 0 Å². The highest BCUT2D eigenvalue weighted by Gasteiger charge is 2.14. The van der Waals surface area contributed by atoms with Crippen LogP contribution in [0.4, 0.5) is 0 Å². The van der Waals surface area contributed by atoms with Crippen molar-refractivity contribution in [3.05, 3.63) is 59.0 Å². The molecule has 0 saturated heterocycles. The summed E-state index contributed by atoms with van der Waals surface area (Å²) < 4.78 is 13.8. The second kappa shape index (κ2) is 6.80. The van der Waals surface area contributed by atoms with Gasteiger partial charge in [0.25, 0.3) is 0 Å². The zero-order valence-electron chi connectivity index (χ0n) is 13.7. The lowest BCUT2D eigenvalue weighted by Crippen LogP contribution is -2.30. The molecule has 0 unspecified atom stereocenters. The molecule has 3 rings (SSSR count). The maximum Gasteiger partial charge on any atom is 0.328 e. The Bertz CT molecular complexity index is 880. The van der Waals surface area contributed by atoms with Gasteiger partial charge in [-0.15, -0.1) is 0 Å². The van der Waals surface area contributed by atoms with Crippen molar-refractivity contribution in [2.24, 2.45) is 7.05 Å². The fraction of sp³-hybridized carbons (Fsp3) is 0.278. The molecule has 0 aliphatic carbocycles. The summed E-state index contributed by atoms with van der Waals surface area (Å²) in [7, 11) is 3.32. The molecule has 0 spiro atoms. The van der Waals surface area contributed by atoms with Crippen LogP contribution in [-0.2, 0) is 13.6 Å². The molecule has 1 atom stereocenters. The van der Waals surface area contributed by atoms with Crippen LogP contribution in [0.3, 0.4) is 0 Å². The minimum absolute atomic E-state index is 0.0992. The van der Waals surface area contributed by atoms with Gasteiger partial charge in [-0.1, -0.05) is 12.1 Å². The molecule has 6 heteroatoms. The largest absolute Gasteiger partial charge is 0.497 e. The Balaban J connectivity index is 1.70. The standard InChI is InChI=1S/C18H20N2O4/c1-19-16-5-3-4-6-17(16)20(18(19)22)11-13(21)12-24-15-9-7-14(23-2)8-10-15/h3-10,13,21H,11-12H2,1-2H3/t13-/m1/s1. The van der Waals surface area contributed by atoms with Gasteiger partial charge in [-0.3, -0.25) is 9.13 Å². The molecule has 0 aliphatic rings. The molecule has 0 saturated carbocycles. The van der Waals surface area contributed by atoms with Crippen molar-refractivity contribution >= 4 is 11.0 Å². The van der Waals surface area contributed by atoms with Gasteiger partial charge in [-0.25, -0.2) is 4.79 Å². The molecule has 0 radical (unpaired) electrons. The van der Waals surface area contributed by atoms with E-state index in [1.165, 1.54) is 0 Å². The molecule has 2 aromatic carbocycles. The Hall–Kier alpha value is -2.73. The first-order chi connectivity index (χ1) is 11.6. The molecular formula is C18H20N2O4. The predicted octanol–water partition coefficient (Wildman–Crippen LogP) is 1.79. The van der Waals surface area contributed by atoms with E-state index in [0.717, 1.165) is 16.8 Å². The lowest BCUT2D eigenvalue weighted by atomic mass is 10.3. The van der Waals surface area contributed by atoms with Gasteiger partial charge < -0.3 is 14.6 Å². The lowest BCUT2D eigenvalue weighted by molar-refractivity contribution is 0.0925. The molecule has 1 heterocycles. The van der Waals surface area contributed by atoms with Crippen molar-refractivity contribution in [1.29, 1.82) is 0 Å². The van der Waals surface area contributed by atoms with E-state index < -0.39 is 6.10 Å². The van der Waals surface area contributed by atoms with Gasteiger partial charge in [0, 0.05) is 7.05 Å². The summed E-state index contributed by atoms with van der Waals surface area (Å²) in [5, 5.41) is 10.2. The summed E-state index contributed by atoms with van der Waals surface area (Å²) in [6, 6.07) is 14.6. The number of aromatic nitrogens is 2. The fourth-order valence-electron chi connectivity index (χ4n) is 2.67. The van der Waals surface area contributed by atoms with Gasteiger partial charge >= 0.3 is 5.69 Å². The number of fused-ring (bicyclic) bond motifs is 1. The van der Waals surface area contributed by atoms with Gasteiger partial charge in [-0.2, -0.15) is 0 Å². The van der Waals surface area contributed by atoms with Crippen LogP contribution in [-0.4, -0.2) is 34.1 Å². The summed E-state index contributed by atoms with van der Waals surface area (Å²) in [6.07, 6.45) is -0.796. The first kappa shape index (κ1) is 16.1. The van der Waals surface area contributed by atoms with E-state index in [2.05, 4.69) is 0 Å². The van der Waals surface area contributed by atoms with Crippen molar-refractivity contribution in [1.82, 2.24) is 9.13 Å². The number of methoxy groups -OCH3 is 1. The van der Waals surface area contributed by atoms with E-state index in [4.69, 9.17) is 9.47 Å². The predicted molar refractivity (Wildman–Crippen MR) is 91.7 cm³/mol. The fourth-order valence-corrected chi connectivity index (χ4v) is 2.67. The average Bonchev–Trinajstić information content (AvgIpc) is 2.86. The van der Waals surface area contributed by atoms with E-state index in [0.29, 0.717) is 5.75 Å². The van der Waals surface area contributed by atoms with Crippen molar-refractivity contribution in [2.45, 2.75) is 12.6 Å². The molecule has 1 aromatic heterocycles. The van der Waals surface area contributed by atoms with Crippen LogP contribution in [0.15, 0.2) is 53.3 Å². The van der Waals surface area contributed by atoms with Gasteiger partial charge in [-0.05, 0) is 36.4 Å². The van der Waals surface area contributed by atoms with E-state index in [9.17, 15) is 9.90 Å². The van der Waals surface area contributed by atoms with Crippen LogP contribution in [0.25, 0.3) is 11.0 Å². The second-order valence-corrected chi connectivity index (χ2v) is 5.58. The highest BCUT2D eigenvalue weighted by atomic mass is 16.5. The third kappa shape index (κ3) is 3.14. The lowest BCUT2D eigenvalue weighted by Gasteiger charge is -2.13. The summed E-state index contributed by atoms with van der Waals surface area (Å²) in [4.78, 5) is 12.3. The number of aliphatic hydroxyl groups is 1. The van der Waals surface area contributed by atoms with Gasteiger partial charge in [0.15, 0.2) is 0 Å². The van der Waals surface area contributed by atoms with Crippen LogP contribution in [0, 0.1) is 0 Å². The molecule has 24 heavy (non-hydrogen) atoms. The minimum Gasteiger partial charge on any atom is -0.497 e. The average molecular weight is 328 g/mol. The van der Waals surface area contributed by atoms with Gasteiger partial charge in [0.2, 0.25) is 0 Å². The third-order valence-electron chi connectivity index (χ3n) is 3.95. The molecule has 3 aromatic rings. The Morgan fingerprint density at radius 1 is 1.04 bits per heavy atom. The number of aliphatic hydroxyl groups excluding tert-OH is 1. The summed E-state index contributed by atoms with van der Waals surface area (Å²) in [5.74, 6) is 1.38. The first-order valence-electron chi connectivity index (χ1n) is 7.69. The van der Waals surface area contributed by atoms with Crippen molar-refractivity contribution in [3.8, 4) is 11.5 Å². The number of rotatable bonds is 6. The number of hydrogen-bond donors (Lipinski definition) is 1. The molecule has 0 fully saturated rings. The van der Waals surface area contributed by atoms with Crippen LogP contribution in [0.5, 0.6) is 11.5 Å². The maximum atomic E-state index is 12.3. The summed E-state index contributed by atoms with van der Waals surface area (Å²) in [5.41, 5.74) is 1.49. The normalized spacial score (nSPS) is 12.3. The quantitative estimate of drug-likeness (QED) is 0.749. The topological polar surface area (TPSA) is 65.6 Å². The smallest absolute Gasteiger partial charge is 0.328 e. The maximum absolute atomic E-state index is 12.3. The van der Waals surface area contributed by atoms with Crippen LogP contribution in [0.1, 0.15) is 0 Å². The number of para-hydroxylation sites is 2. The Kier molecular flexibility index (Phi) is 4.57. The summed E-state index contributed by atoms with van der Waals surface area (Å²) in [6.45, 7) is 0.276. The van der Waals surface area contributed by atoms with Crippen LogP contribution >= 0.6 is 0 Å². The van der Waals surface area contributed by atoms with Gasteiger partial charge in [0.05, 0.1) is 24.7 Å². The van der Waals surface area contributed by atoms with E-state index >= 15 is 0 Å². The summed E-state index contributed by atoms with van der Waals surface area (Å²) >= 11 is 0. The highest BCUT2D eigenvalue weighted by molar-refractivity contribution is 5.75. The van der Waals surface area contributed by atoms with Crippen molar-refractivity contribution in [3.63, 3.8) is 0 Å². The number of imidazole rings is 1. The molecule has 126 valence electrons. The zero-order chi connectivity index (χ0) is 17.1. The Morgan fingerprint density at radius 3 is 2.33 bits per heavy atom. The molecule has 0 aliphatic heterocycles. The monoisotopic (exact) mass is 328 g/mol. The zero-order valence-corrected chi connectivity index (χ0v) is 13.7. The molecule has 0 bridgehead atoms. The molecule has 1 N–H and O–H groups in total. The first-order valence-corrected chi connectivity index (χ1v) is 7.69. The Labute approximate surface area is 139 Å². The van der Waals surface area contributed by atoms with E-state index in [1.54, 1.807) is 47.6 Å². The van der Waals surface area contributed by atoms with E-state index in [1.807, 2.05) is 24.3 Å². The van der Waals surface area contributed by atoms with Crippen LogP contribution < -0.4 is 15.2 Å². The number of ether oxygens (including phenoxy) is 2. The third-order valence-corrected chi connectivity index (χ3v) is 3.95. The second-order valence-electron chi connectivity index (χ2n) is 5.58. The SMILES string of the molecule is COc1ccc(OC[C@H](O)Cn2c(=O)n(C)c3ccccc32)cc1. The minimum atomic E-state index is -0.796. The number of aryl methyl sites for hydroxylation is 1. The molecular weight excluding hydrogens is 308 g/mol. The van der Waals surface area contributed by atoms with E-state index in [-0.39, 0.29) is 18.8 Å².